The van der Waals surface area contributed by atoms with Crippen LogP contribution in [0, 0.1) is 6.92 Å². The first-order valence-electron chi connectivity index (χ1n) is 3.92. The van der Waals surface area contributed by atoms with Crippen molar-refractivity contribution in [3.8, 4) is 0 Å². The monoisotopic (exact) mass is 171 g/mol. The summed E-state index contributed by atoms with van der Waals surface area (Å²) in [4.78, 5) is 11.1. The quantitative estimate of drug-likeness (QED) is 0.717. The summed E-state index contributed by atoms with van der Waals surface area (Å²) < 4.78 is 6.73. The van der Waals surface area contributed by atoms with Gasteiger partial charge in [-0.05, 0) is 20.8 Å². The molecule has 0 aromatic carbocycles. The van der Waals surface area contributed by atoms with Crippen LogP contribution >= 0.6 is 0 Å². The number of nitrogens with zero attached hydrogens (tertiary/aromatic N) is 2. The smallest absolute Gasteiger partial charge is 0.345 e. The number of nitrogens with one attached hydrogen (secondary N) is 1. The van der Waals surface area contributed by atoms with Crippen molar-refractivity contribution in [1.29, 1.82) is 0 Å². The van der Waals surface area contributed by atoms with Crippen LogP contribution in [0.5, 0.6) is 0 Å². The number of H-pyrrole nitrogens is 1. The van der Waals surface area contributed by atoms with Crippen LogP contribution in [0.3, 0.4) is 0 Å². The van der Waals surface area contributed by atoms with Crippen molar-refractivity contribution in [3.05, 3.63) is 16.3 Å². The molecule has 12 heavy (non-hydrogen) atoms. The zero-order valence-electron chi connectivity index (χ0n) is 7.50. The van der Waals surface area contributed by atoms with E-state index in [2.05, 4.69) is 10.2 Å². The van der Waals surface area contributed by atoms with Crippen molar-refractivity contribution in [2.45, 2.75) is 27.0 Å². The molecule has 0 aliphatic heterocycles. The molecule has 0 fully saturated rings. The van der Waals surface area contributed by atoms with Crippen LogP contribution in [-0.2, 0) is 4.74 Å². The number of aromatic amines is 1. The Bertz CT molecular complexity index is 302. The van der Waals surface area contributed by atoms with Gasteiger partial charge in [0.1, 0.15) is 12.1 Å². The number of aryl methyl sites for hydroxylation is 1. The number of aromatic nitrogens is 3. The largest absolute Gasteiger partial charge is 0.358 e. The minimum absolute atomic E-state index is 0.228. The molecule has 1 aromatic heterocycles. The molecule has 0 amide bonds. The third kappa shape index (κ3) is 1.55. The Hall–Kier alpha value is -1.10. The fraction of sp³-hybridized carbons (Fsp3) is 0.714. The summed E-state index contributed by atoms with van der Waals surface area (Å²) in [6.45, 7) is 6.04. The molecule has 0 radical (unpaired) electrons. The molecule has 1 unspecified atom stereocenters. The molecular formula is C7H13N3O2. The van der Waals surface area contributed by atoms with E-state index in [9.17, 15) is 4.79 Å². The minimum Gasteiger partial charge on any atom is -0.358 e. The molecule has 5 nitrogen and oxygen atoms in total. The standard InChI is InChI=1S/C7H13N3O2/c1-4-12-6(3)10-5(2)8-9-7(10)11/h6H,4H2,1-3H3,(H,9,11). The predicted molar refractivity (Wildman–Crippen MR) is 43.9 cm³/mol. The van der Waals surface area contributed by atoms with Gasteiger partial charge >= 0.3 is 5.69 Å². The number of hydrogen-bond donors (Lipinski definition) is 1. The first-order valence-corrected chi connectivity index (χ1v) is 3.92. The molecule has 1 rings (SSSR count). The van der Waals surface area contributed by atoms with E-state index in [4.69, 9.17) is 4.74 Å². The van der Waals surface area contributed by atoms with Crippen LogP contribution in [0.1, 0.15) is 25.9 Å². The van der Waals surface area contributed by atoms with E-state index in [0.29, 0.717) is 12.4 Å². The highest BCUT2D eigenvalue weighted by Gasteiger charge is 2.10. The second-order valence-corrected chi connectivity index (χ2v) is 2.50. The first-order chi connectivity index (χ1) is 5.66. The zero-order valence-corrected chi connectivity index (χ0v) is 7.50. The maximum absolute atomic E-state index is 11.1. The zero-order chi connectivity index (χ0) is 9.14. The second kappa shape index (κ2) is 3.53. The summed E-state index contributed by atoms with van der Waals surface area (Å²) in [5.74, 6) is 0.640. The molecule has 0 aliphatic carbocycles. The van der Waals surface area contributed by atoms with Gasteiger partial charge in [-0.25, -0.2) is 9.89 Å². The van der Waals surface area contributed by atoms with Crippen molar-refractivity contribution in [3.63, 3.8) is 0 Å². The molecule has 1 atom stereocenters. The van der Waals surface area contributed by atoms with Gasteiger partial charge < -0.3 is 4.74 Å². The highest BCUT2D eigenvalue weighted by molar-refractivity contribution is 4.82. The summed E-state index contributed by atoms with van der Waals surface area (Å²) in [6.07, 6.45) is -0.249. The van der Waals surface area contributed by atoms with Crippen LogP contribution in [0.4, 0.5) is 0 Å². The van der Waals surface area contributed by atoms with Gasteiger partial charge in [-0.2, -0.15) is 5.10 Å². The molecule has 0 saturated heterocycles. The SMILES string of the molecule is CCOC(C)n1c(C)n[nH]c1=O. The van der Waals surface area contributed by atoms with Crippen LogP contribution in [0.15, 0.2) is 4.79 Å². The fourth-order valence-electron chi connectivity index (χ4n) is 1.13. The van der Waals surface area contributed by atoms with Crippen LogP contribution in [0.25, 0.3) is 0 Å². The summed E-state index contributed by atoms with van der Waals surface area (Å²) in [5, 5.41) is 6.12. The van der Waals surface area contributed by atoms with Gasteiger partial charge in [0.05, 0.1) is 0 Å². The van der Waals surface area contributed by atoms with E-state index >= 15 is 0 Å². The van der Waals surface area contributed by atoms with Gasteiger partial charge in [0, 0.05) is 6.61 Å². The lowest BCUT2D eigenvalue weighted by atomic mass is 10.5. The topological polar surface area (TPSA) is 59.9 Å². The first kappa shape index (κ1) is 8.99. The van der Waals surface area contributed by atoms with Gasteiger partial charge in [-0.3, -0.25) is 4.57 Å². The predicted octanol–water partition coefficient (Wildman–Crippen LogP) is 0.435. The minimum atomic E-state index is -0.249. The molecule has 0 spiro atoms. The Labute approximate surface area is 70.4 Å². The molecule has 0 bridgehead atoms. The molecule has 1 N–H and O–H groups in total. The van der Waals surface area contributed by atoms with Gasteiger partial charge in [0.15, 0.2) is 0 Å². The summed E-state index contributed by atoms with van der Waals surface area (Å²) in [7, 11) is 0. The molecule has 68 valence electrons. The van der Waals surface area contributed by atoms with Gasteiger partial charge in [-0.15, -0.1) is 0 Å². The molecule has 0 aliphatic rings. The Balaban J connectivity index is 2.93. The molecule has 1 aromatic rings. The highest BCUT2D eigenvalue weighted by Crippen LogP contribution is 2.04. The average Bonchev–Trinajstić information content (AvgIpc) is 2.32. The molecule has 5 heteroatoms. The third-order valence-electron chi connectivity index (χ3n) is 1.65. The van der Waals surface area contributed by atoms with Gasteiger partial charge in [0.25, 0.3) is 0 Å². The van der Waals surface area contributed by atoms with Crippen molar-refractivity contribution in [2.75, 3.05) is 6.61 Å². The van der Waals surface area contributed by atoms with E-state index in [0.717, 1.165) is 0 Å². The fourth-order valence-corrected chi connectivity index (χ4v) is 1.13. The van der Waals surface area contributed by atoms with Gasteiger partial charge in [0.2, 0.25) is 0 Å². The van der Waals surface area contributed by atoms with Crippen molar-refractivity contribution < 1.29 is 4.74 Å². The normalized spacial score (nSPS) is 13.2. The van der Waals surface area contributed by atoms with Crippen LogP contribution < -0.4 is 5.69 Å². The summed E-state index contributed by atoms with van der Waals surface area (Å²) in [5.41, 5.74) is -0.228. The number of rotatable bonds is 3. The Kier molecular flexibility index (Phi) is 2.65. The van der Waals surface area contributed by atoms with E-state index in [1.165, 1.54) is 4.57 Å². The molecular weight excluding hydrogens is 158 g/mol. The lowest BCUT2D eigenvalue weighted by Crippen LogP contribution is -2.23. The van der Waals surface area contributed by atoms with Crippen molar-refractivity contribution in [2.24, 2.45) is 0 Å². The van der Waals surface area contributed by atoms with Crippen molar-refractivity contribution in [1.82, 2.24) is 14.8 Å². The van der Waals surface area contributed by atoms with Crippen LogP contribution in [0.2, 0.25) is 0 Å². The second-order valence-electron chi connectivity index (χ2n) is 2.50. The Morgan fingerprint density at radius 1 is 1.75 bits per heavy atom. The Morgan fingerprint density at radius 2 is 2.42 bits per heavy atom. The van der Waals surface area contributed by atoms with E-state index < -0.39 is 0 Å². The lowest BCUT2D eigenvalue weighted by molar-refractivity contribution is 0.0210. The van der Waals surface area contributed by atoms with E-state index in [1.807, 2.05) is 13.8 Å². The molecule has 1 heterocycles. The Morgan fingerprint density at radius 3 is 2.83 bits per heavy atom. The van der Waals surface area contributed by atoms with Gasteiger partial charge in [-0.1, -0.05) is 0 Å². The van der Waals surface area contributed by atoms with Crippen molar-refractivity contribution >= 4 is 0 Å². The summed E-state index contributed by atoms with van der Waals surface area (Å²) in [6, 6.07) is 0. The highest BCUT2D eigenvalue weighted by atomic mass is 16.5. The lowest BCUT2D eigenvalue weighted by Gasteiger charge is -2.12. The average molecular weight is 171 g/mol. The summed E-state index contributed by atoms with van der Waals surface area (Å²) >= 11 is 0. The molecule has 0 saturated carbocycles. The maximum Gasteiger partial charge on any atom is 0.345 e. The number of ether oxygens (including phenoxy) is 1. The van der Waals surface area contributed by atoms with Crippen LogP contribution in [-0.4, -0.2) is 21.4 Å². The number of hydrogen-bond acceptors (Lipinski definition) is 3. The third-order valence-corrected chi connectivity index (χ3v) is 1.65. The van der Waals surface area contributed by atoms with E-state index in [-0.39, 0.29) is 11.9 Å². The maximum atomic E-state index is 11.1. The van der Waals surface area contributed by atoms with E-state index in [1.54, 1.807) is 6.92 Å².